The van der Waals surface area contributed by atoms with Crippen molar-refractivity contribution in [1.29, 1.82) is 0 Å². The van der Waals surface area contributed by atoms with E-state index in [-0.39, 0.29) is 12.3 Å². The summed E-state index contributed by atoms with van der Waals surface area (Å²) in [5.74, 6) is -0.189. The van der Waals surface area contributed by atoms with Crippen LogP contribution < -0.4 is 5.43 Å². The van der Waals surface area contributed by atoms with Gasteiger partial charge in [0.2, 0.25) is 5.91 Å². The van der Waals surface area contributed by atoms with E-state index in [9.17, 15) is 4.79 Å². The quantitative estimate of drug-likeness (QED) is 0.523. The molecule has 1 amide bonds. The van der Waals surface area contributed by atoms with Crippen molar-refractivity contribution < 1.29 is 4.79 Å². The summed E-state index contributed by atoms with van der Waals surface area (Å²) in [7, 11) is 0. The fourth-order valence-corrected chi connectivity index (χ4v) is 3.81. The minimum absolute atomic E-state index is 0.189. The van der Waals surface area contributed by atoms with Gasteiger partial charge in [-0.1, -0.05) is 41.9 Å². The monoisotopic (exact) mass is 375 g/mol. The number of carbonyl (C=O) groups is 1. The molecule has 0 saturated carbocycles. The lowest BCUT2D eigenvalue weighted by Gasteiger charge is -1.99. The van der Waals surface area contributed by atoms with Crippen LogP contribution in [0.1, 0.15) is 16.8 Å². The second-order valence-electron chi connectivity index (χ2n) is 5.01. The number of halogens is 1. The Morgan fingerprint density at radius 2 is 2.04 bits per heavy atom. The number of benzene rings is 1. The van der Waals surface area contributed by atoms with Crippen LogP contribution in [0.15, 0.2) is 52.9 Å². The van der Waals surface area contributed by atoms with E-state index < -0.39 is 0 Å². The molecule has 0 spiro atoms. The number of thiophene rings is 1. The predicted octanol–water partition coefficient (Wildman–Crippen LogP) is 4.61. The molecule has 122 valence electrons. The van der Waals surface area contributed by atoms with Gasteiger partial charge in [0.1, 0.15) is 5.01 Å². The first-order valence-electron chi connectivity index (χ1n) is 7.20. The molecule has 0 fully saturated rings. The van der Waals surface area contributed by atoms with E-state index in [0.29, 0.717) is 4.34 Å². The number of nitrogens with one attached hydrogen (secondary N) is 1. The number of carbonyl (C=O) groups excluding carboxylic acids is 1. The Morgan fingerprint density at radius 3 is 2.75 bits per heavy atom. The summed E-state index contributed by atoms with van der Waals surface area (Å²) < 4.78 is 0.696. The number of hydrogen-bond acceptors (Lipinski definition) is 5. The van der Waals surface area contributed by atoms with Gasteiger partial charge in [-0.25, -0.2) is 10.4 Å². The van der Waals surface area contributed by atoms with Crippen LogP contribution in [0.3, 0.4) is 0 Å². The number of nitrogens with zero attached hydrogens (tertiary/aromatic N) is 2. The second kappa shape index (κ2) is 7.70. The Hall–Kier alpha value is -2.02. The summed E-state index contributed by atoms with van der Waals surface area (Å²) in [6, 6.07) is 13.6. The molecule has 1 N–H and O–H groups in total. The summed E-state index contributed by atoms with van der Waals surface area (Å²) in [5, 5.41) is 6.84. The fraction of sp³-hybridized carbons (Fsp3) is 0.118. The van der Waals surface area contributed by atoms with Crippen LogP contribution in [0, 0.1) is 0 Å². The van der Waals surface area contributed by atoms with Crippen LogP contribution in [-0.4, -0.2) is 16.6 Å². The Balaban J connectivity index is 1.60. The molecule has 0 saturated heterocycles. The van der Waals surface area contributed by atoms with Gasteiger partial charge >= 0.3 is 0 Å². The Kier molecular flexibility index (Phi) is 5.40. The van der Waals surface area contributed by atoms with Gasteiger partial charge in [-0.15, -0.1) is 22.7 Å². The minimum atomic E-state index is -0.189. The molecular weight excluding hydrogens is 362 g/mol. The van der Waals surface area contributed by atoms with Crippen LogP contribution >= 0.6 is 34.3 Å². The second-order valence-corrected chi connectivity index (χ2v) is 7.66. The van der Waals surface area contributed by atoms with Crippen molar-refractivity contribution in [3.05, 3.63) is 62.1 Å². The lowest BCUT2D eigenvalue weighted by atomic mass is 10.2. The number of rotatable bonds is 5. The molecule has 0 unspecified atom stereocenters. The van der Waals surface area contributed by atoms with Crippen molar-refractivity contribution in [2.24, 2.45) is 5.10 Å². The molecule has 0 bridgehead atoms. The molecular formula is C17H14ClN3OS2. The van der Waals surface area contributed by atoms with E-state index in [4.69, 9.17) is 11.6 Å². The standard InChI is InChI=1S/C17H14ClN3OS2/c1-11(14-7-8-15(18)24-14)20-21-16(22)9-17-19-13(10-23-17)12-5-3-2-4-6-12/h2-8,10H,9H2,1H3,(H,21,22)/b20-11-. The highest BCUT2D eigenvalue weighted by atomic mass is 35.5. The molecule has 0 aliphatic carbocycles. The van der Waals surface area contributed by atoms with Gasteiger partial charge in [0.05, 0.1) is 27.0 Å². The molecule has 3 aromatic rings. The summed E-state index contributed by atoms with van der Waals surface area (Å²) >= 11 is 8.79. The van der Waals surface area contributed by atoms with Gasteiger partial charge in [-0.2, -0.15) is 5.10 Å². The number of amides is 1. The van der Waals surface area contributed by atoms with Crippen LogP contribution in [0.5, 0.6) is 0 Å². The number of hydrogen-bond donors (Lipinski definition) is 1. The smallest absolute Gasteiger partial charge is 0.246 e. The third kappa shape index (κ3) is 4.29. The first kappa shape index (κ1) is 16.8. The first-order chi connectivity index (χ1) is 11.6. The van der Waals surface area contributed by atoms with Crippen LogP contribution in [-0.2, 0) is 11.2 Å². The van der Waals surface area contributed by atoms with E-state index in [2.05, 4.69) is 15.5 Å². The third-order valence-electron chi connectivity index (χ3n) is 3.21. The van der Waals surface area contributed by atoms with Crippen molar-refractivity contribution in [2.45, 2.75) is 13.3 Å². The SMILES string of the molecule is C/C(=N/NC(=O)Cc1nc(-c2ccccc2)cs1)c1ccc(Cl)s1. The fourth-order valence-electron chi connectivity index (χ4n) is 2.02. The average Bonchev–Trinajstić information content (AvgIpc) is 3.23. The maximum absolute atomic E-state index is 12.0. The van der Waals surface area contributed by atoms with E-state index in [0.717, 1.165) is 26.9 Å². The van der Waals surface area contributed by atoms with E-state index in [1.54, 1.807) is 0 Å². The highest BCUT2D eigenvalue weighted by Gasteiger charge is 2.09. The zero-order valence-corrected chi connectivity index (χ0v) is 15.2. The molecule has 2 aromatic heterocycles. The molecule has 0 atom stereocenters. The highest BCUT2D eigenvalue weighted by molar-refractivity contribution is 7.18. The maximum Gasteiger partial charge on any atom is 0.246 e. The van der Waals surface area contributed by atoms with Gasteiger partial charge in [0.15, 0.2) is 0 Å². The van der Waals surface area contributed by atoms with Gasteiger partial charge in [0, 0.05) is 10.9 Å². The molecule has 2 heterocycles. The summed E-state index contributed by atoms with van der Waals surface area (Å²) in [4.78, 5) is 17.5. The number of aromatic nitrogens is 1. The van der Waals surface area contributed by atoms with E-state index in [1.165, 1.54) is 22.7 Å². The lowest BCUT2D eigenvalue weighted by Crippen LogP contribution is -2.21. The zero-order chi connectivity index (χ0) is 16.9. The van der Waals surface area contributed by atoms with E-state index >= 15 is 0 Å². The summed E-state index contributed by atoms with van der Waals surface area (Å²) in [6.07, 6.45) is 0.208. The predicted molar refractivity (Wildman–Crippen MR) is 101 cm³/mol. The van der Waals surface area contributed by atoms with Crippen molar-refractivity contribution in [1.82, 2.24) is 10.4 Å². The van der Waals surface area contributed by atoms with E-state index in [1.807, 2.05) is 54.8 Å². The zero-order valence-electron chi connectivity index (χ0n) is 12.8. The number of hydrazone groups is 1. The topological polar surface area (TPSA) is 54.4 Å². The Bertz CT molecular complexity index is 871. The van der Waals surface area contributed by atoms with Crippen LogP contribution in [0.4, 0.5) is 0 Å². The van der Waals surface area contributed by atoms with Crippen molar-refractivity contribution >= 4 is 45.9 Å². The largest absolute Gasteiger partial charge is 0.273 e. The Morgan fingerprint density at radius 1 is 1.25 bits per heavy atom. The summed E-state index contributed by atoms with van der Waals surface area (Å²) in [6.45, 7) is 1.83. The molecule has 4 nitrogen and oxygen atoms in total. The van der Waals surface area contributed by atoms with Crippen molar-refractivity contribution in [2.75, 3.05) is 0 Å². The number of thiazole rings is 1. The molecule has 0 radical (unpaired) electrons. The summed E-state index contributed by atoms with van der Waals surface area (Å²) in [5.41, 5.74) is 5.22. The molecule has 24 heavy (non-hydrogen) atoms. The van der Waals surface area contributed by atoms with Crippen LogP contribution in [0.25, 0.3) is 11.3 Å². The molecule has 3 rings (SSSR count). The third-order valence-corrected chi connectivity index (χ3v) is 5.40. The van der Waals surface area contributed by atoms with Crippen LogP contribution in [0.2, 0.25) is 4.34 Å². The van der Waals surface area contributed by atoms with Gasteiger partial charge in [-0.05, 0) is 19.1 Å². The minimum Gasteiger partial charge on any atom is -0.273 e. The molecule has 7 heteroatoms. The molecule has 1 aromatic carbocycles. The molecule has 0 aliphatic heterocycles. The first-order valence-corrected chi connectivity index (χ1v) is 9.28. The van der Waals surface area contributed by atoms with Crippen molar-refractivity contribution in [3.8, 4) is 11.3 Å². The lowest BCUT2D eigenvalue weighted by molar-refractivity contribution is -0.120. The molecule has 0 aliphatic rings. The normalized spacial score (nSPS) is 11.5. The van der Waals surface area contributed by atoms with Gasteiger partial charge < -0.3 is 0 Å². The highest BCUT2D eigenvalue weighted by Crippen LogP contribution is 2.22. The maximum atomic E-state index is 12.0. The van der Waals surface area contributed by atoms with Crippen molar-refractivity contribution in [3.63, 3.8) is 0 Å². The van der Waals surface area contributed by atoms with Gasteiger partial charge in [0.25, 0.3) is 0 Å². The average molecular weight is 376 g/mol. The Labute approximate surface area is 152 Å². The van der Waals surface area contributed by atoms with Gasteiger partial charge in [-0.3, -0.25) is 4.79 Å².